The maximum atomic E-state index is 12.0. The molecule has 2 aliphatic rings. The number of carboxylic acids is 1. The van der Waals surface area contributed by atoms with Gasteiger partial charge in [0, 0.05) is 19.1 Å². The van der Waals surface area contributed by atoms with E-state index in [0.717, 1.165) is 45.3 Å². The van der Waals surface area contributed by atoms with Crippen LogP contribution in [0.1, 0.15) is 39.0 Å². The number of aliphatic carboxylic acids is 1. The van der Waals surface area contributed by atoms with Gasteiger partial charge in [0.2, 0.25) is 0 Å². The van der Waals surface area contributed by atoms with Crippen molar-refractivity contribution in [3.05, 3.63) is 0 Å². The second-order valence-electron chi connectivity index (χ2n) is 6.97. The first-order valence-electron chi connectivity index (χ1n) is 8.36. The van der Waals surface area contributed by atoms with E-state index in [9.17, 15) is 9.90 Å². The fraction of sp³-hybridized carbons (Fsp3) is 0.938. The van der Waals surface area contributed by atoms with E-state index < -0.39 is 11.5 Å². The van der Waals surface area contributed by atoms with Crippen molar-refractivity contribution in [3.8, 4) is 0 Å². The molecule has 2 rings (SSSR count). The van der Waals surface area contributed by atoms with Crippen molar-refractivity contribution in [2.45, 2.75) is 50.6 Å². The maximum Gasteiger partial charge on any atom is 0.325 e. The van der Waals surface area contributed by atoms with E-state index in [1.807, 2.05) is 0 Å². The lowest BCUT2D eigenvalue weighted by atomic mass is 9.90. The fourth-order valence-electron chi connectivity index (χ4n) is 3.52. The van der Waals surface area contributed by atoms with E-state index in [2.05, 4.69) is 36.1 Å². The van der Waals surface area contributed by atoms with Gasteiger partial charge in [0.15, 0.2) is 0 Å². The molecule has 0 aromatic rings. The molecule has 5 nitrogen and oxygen atoms in total. The third-order valence-electron chi connectivity index (χ3n) is 5.03. The number of likely N-dealkylation sites (N-methyl/N-ethyl adjacent to an activating group) is 1. The van der Waals surface area contributed by atoms with Crippen LogP contribution in [-0.4, -0.2) is 72.7 Å². The molecule has 2 fully saturated rings. The fourth-order valence-corrected chi connectivity index (χ4v) is 3.52. The molecule has 2 atom stereocenters. The van der Waals surface area contributed by atoms with E-state index in [0.29, 0.717) is 18.5 Å². The van der Waals surface area contributed by atoms with Crippen LogP contribution in [0.3, 0.4) is 0 Å². The first kappa shape index (κ1) is 16.7. The van der Waals surface area contributed by atoms with Crippen LogP contribution in [0.5, 0.6) is 0 Å². The van der Waals surface area contributed by atoms with Gasteiger partial charge < -0.3 is 15.3 Å². The number of piperidine rings is 1. The smallest absolute Gasteiger partial charge is 0.325 e. The van der Waals surface area contributed by atoms with E-state index in [4.69, 9.17) is 0 Å². The zero-order chi connectivity index (χ0) is 15.5. The predicted molar refractivity (Wildman–Crippen MR) is 84.5 cm³/mol. The van der Waals surface area contributed by atoms with Gasteiger partial charge in [0.05, 0.1) is 0 Å². The van der Waals surface area contributed by atoms with Gasteiger partial charge in [-0.3, -0.25) is 9.69 Å². The summed E-state index contributed by atoms with van der Waals surface area (Å²) in [6.45, 7) is 5.54. The molecule has 5 heteroatoms. The predicted octanol–water partition coefficient (Wildman–Crippen LogP) is 1.25. The second-order valence-corrected chi connectivity index (χ2v) is 6.97. The Bertz CT molecular complexity index is 357. The Kier molecular flexibility index (Phi) is 5.63. The molecule has 21 heavy (non-hydrogen) atoms. The van der Waals surface area contributed by atoms with Crippen LogP contribution < -0.4 is 5.32 Å². The summed E-state index contributed by atoms with van der Waals surface area (Å²) in [5.41, 5.74) is -0.732. The minimum atomic E-state index is -0.732. The minimum Gasteiger partial charge on any atom is -0.480 e. The van der Waals surface area contributed by atoms with E-state index in [1.165, 1.54) is 6.42 Å². The van der Waals surface area contributed by atoms with Crippen LogP contribution in [0.4, 0.5) is 0 Å². The SMILES string of the molecule is CCCNC(CN1CCCC(N(C)C)C1)(C(=O)O)C1CC1. The maximum absolute atomic E-state index is 12.0. The summed E-state index contributed by atoms with van der Waals surface area (Å²) >= 11 is 0. The molecule has 0 amide bonds. The van der Waals surface area contributed by atoms with Gasteiger partial charge in [-0.25, -0.2) is 0 Å². The first-order valence-corrected chi connectivity index (χ1v) is 8.36. The van der Waals surface area contributed by atoms with Crippen LogP contribution in [0.15, 0.2) is 0 Å². The van der Waals surface area contributed by atoms with Crippen LogP contribution in [0.2, 0.25) is 0 Å². The number of nitrogens with zero attached hydrogens (tertiary/aromatic N) is 2. The van der Waals surface area contributed by atoms with Crippen molar-refractivity contribution >= 4 is 5.97 Å². The summed E-state index contributed by atoms with van der Waals surface area (Å²) in [5, 5.41) is 13.2. The molecule has 1 heterocycles. The van der Waals surface area contributed by atoms with Crippen LogP contribution in [-0.2, 0) is 4.79 Å². The molecule has 2 N–H and O–H groups in total. The van der Waals surface area contributed by atoms with Crippen molar-refractivity contribution in [2.75, 3.05) is 40.3 Å². The topological polar surface area (TPSA) is 55.8 Å². The first-order chi connectivity index (χ1) is 9.99. The normalized spacial score (nSPS) is 26.8. The standard InChI is InChI=1S/C16H31N3O2/c1-4-9-17-16(15(20)21,13-7-8-13)12-19-10-5-6-14(11-19)18(2)3/h13-14,17H,4-12H2,1-3H3,(H,20,21). The van der Waals surface area contributed by atoms with Gasteiger partial charge in [-0.15, -0.1) is 0 Å². The second kappa shape index (κ2) is 7.07. The lowest BCUT2D eigenvalue weighted by molar-refractivity contribution is -0.147. The average Bonchev–Trinajstić information content (AvgIpc) is 3.28. The number of carbonyl (C=O) groups is 1. The van der Waals surface area contributed by atoms with Crippen molar-refractivity contribution in [1.82, 2.24) is 15.1 Å². The molecule has 1 saturated heterocycles. The molecular weight excluding hydrogens is 266 g/mol. The number of nitrogens with one attached hydrogen (secondary N) is 1. The lowest BCUT2D eigenvalue weighted by Gasteiger charge is -2.41. The molecule has 0 spiro atoms. The van der Waals surface area contributed by atoms with Crippen LogP contribution in [0.25, 0.3) is 0 Å². The molecule has 0 aromatic carbocycles. The Balaban J connectivity index is 2.05. The molecule has 122 valence electrons. The number of hydrogen-bond acceptors (Lipinski definition) is 4. The molecule has 0 radical (unpaired) electrons. The molecular formula is C16H31N3O2. The molecule has 1 aliphatic heterocycles. The summed E-state index contributed by atoms with van der Waals surface area (Å²) in [6.07, 6.45) is 5.45. The molecule has 0 bridgehead atoms. The van der Waals surface area contributed by atoms with Gasteiger partial charge in [-0.2, -0.15) is 0 Å². The van der Waals surface area contributed by atoms with Crippen LogP contribution in [0, 0.1) is 5.92 Å². The zero-order valence-electron chi connectivity index (χ0n) is 13.8. The highest BCUT2D eigenvalue weighted by Gasteiger charge is 2.51. The average molecular weight is 297 g/mol. The highest BCUT2D eigenvalue weighted by atomic mass is 16.4. The van der Waals surface area contributed by atoms with Crippen LogP contribution >= 0.6 is 0 Å². The van der Waals surface area contributed by atoms with Gasteiger partial charge in [-0.05, 0) is 65.2 Å². The lowest BCUT2D eigenvalue weighted by Crippen LogP contribution is -2.62. The summed E-state index contributed by atoms with van der Waals surface area (Å²) in [7, 11) is 4.24. The summed E-state index contributed by atoms with van der Waals surface area (Å²) in [6, 6.07) is 0.552. The number of likely N-dealkylation sites (tertiary alicyclic amines) is 1. The molecule has 1 aliphatic carbocycles. The van der Waals surface area contributed by atoms with E-state index in [1.54, 1.807) is 0 Å². The Morgan fingerprint density at radius 1 is 1.38 bits per heavy atom. The Labute approximate surface area is 128 Å². The number of carboxylic acid groups (broad SMARTS) is 1. The van der Waals surface area contributed by atoms with Gasteiger partial charge in [0.1, 0.15) is 5.54 Å². The highest BCUT2D eigenvalue weighted by molar-refractivity contribution is 5.80. The third kappa shape index (κ3) is 3.96. The minimum absolute atomic E-state index is 0.307. The van der Waals surface area contributed by atoms with Crippen molar-refractivity contribution in [1.29, 1.82) is 0 Å². The number of hydrogen-bond donors (Lipinski definition) is 2. The molecule has 1 saturated carbocycles. The van der Waals surface area contributed by atoms with Gasteiger partial charge >= 0.3 is 5.97 Å². The van der Waals surface area contributed by atoms with Crippen molar-refractivity contribution in [2.24, 2.45) is 5.92 Å². The van der Waals surface area contributed by atoms with E-state index in [-0.39, 0.29) is 0 Å². The van der Waals surface area contributed by atoms with Crippen molar-refractivity contribution in [3.63, 3.8) is 0 Å². The number of rotatable bonds is 8. The largest absolute Gasteiger partial charge is 0.480 e. The third-order valence-corrected chi connectivity index (χ3v) is 5.03. The van der Waals surface area contributed by atoms with Gasteiger partial charge in [0.25, 0.3) is 0 Å². The quantitative estimate of drug-likeness (QED) is 0.706. The Morgan fingerprint density at radius 3 is 2.62 bits per heavy atom. The molecule has 2 unspecified atom stereocenters. The monoisotopic (exact) mass is 297 g/mol. The Morgan fingerprint density at radius 2 is 2.10 bits per heavy atom. The summed E-state index contributed by atoms with van der Waals surface area (Å²) < 4.78 is 0. The highest BCUT2D eigenvalue weighted by Crippen LogP contribution is 2.41. The van der Waals surface area contributed by atoms with E-state index >= 15 is 0 Å². The Hall–Kier alpha value is -0.650. The summed E-state index contributed by atoms with van der Waals surface area (Å²) in [4.78, 5) is 16.6. The molecule has 0 aromatic heterocycles. The van der Waals surface area contributed by atoms with Crippen molar-refractivity contribution < 1.29 is 9.90 Å². The zero-order valence-corrected chi connectivity index (χ0v) is 13.8. The van der Waals surface area contributed by atoms with Gasteiger partial charge in [-0.1, -0.05) is 6.92 Å². The summed E-state index contributed by atoms with van der Waals surface area (Å²) in [5.74, 6) is -0.355.